The van der Waals surface area contributed by atoms with Crippen LogP contribution in [0.4, 0.5) is 11.4 Å². The van der Waals surface area contributed by atoms with E-state index in [1.54, 1.807) is 6.07 Å². The minimum atomic E-state index is -0.613. The Labute approximate surface area is 116 Å². The van der Waals surface area contributed by atoms with Crippen LogP contribution >= 0.6 is 0 Å². The average molecular weight is 276 g/mol. The summed E-state index contributed by atoms with van der Waals surface area (Å²) in [7, 11) is 0. The minimum absolute atomic E-state index is 0.0393. The predicted molar refractivity (Wildman–Crippen MR) is 74.1 cm³/mol. The number of benzene rings is 1. The van der Waals surface area contributed by atoms with Gasteiger partial charge in [0, 0.05) is 18.3 Å². The van der Waals surface area contributed by atoms with Crippen molar-refractivity contribution in [3.8, 4) is 6.07 Å². The SMILES string of the molecule is CC(C)CNC(=O)CNc1ccc([N+](=O)[O-])c(C#N)c1. The molecule has 0 saturated carbocycles. The smallest absolute Gasteiger partial charge is 0.287 e. The third-order valence-electron chi connectivity index (χ3n) is 2.47. The predicted octanol–water partition coefficient (Wildman–Crippen LogP) is 1.65. The summed E-state index contributed by atoms with van der Waals surface area (Å²) in [6, 6.07) is 5.83. The fourth-order valence-electron chi connectivity index (χ4n) is 1.46. The van der Waals surface area contributed by atoms with Crippen LogP contribution in [0.25, 0.3) is 0 Å². The molecule has 0 saturated heterocycles. The van der Waals surface area contributed by atoms with E-state index in [4.69, 9.17) is 5.26 Å². The second kappa shape index (κ2) is 7.09. The van der Waals surface area contributed by atoms with Crippen LogP contribution in [-0.4, -0.2) is 23.9 Å². The molecule has 0 unspecified atom stereocenters. The molecule has 2 N–H and O–H groups in total. The number of carbonyl (C=O) groups excluding carboxylic acids is 1. The third-order valence-corrected chi connectivity index (χ3v) is 2.47. The minimum Gasteiger partial charge on any atom is -0.376 e. The van der Waals surface area contributed by atoms with Crippen LogP contribution in [0.5, 0.6) is 0 Å². The number of nitrogens with zero attached hydrogens (tertiary/aromatic N) is 2. The van der Waals surface area contributed by atoms with Crippen molar-refractivity contribution in [3.63, 3.8) is 0 Å². The van der Waals surface area contributed by atoms with Crippen LogP contribution in [-0.2, 0) is 4.79 Å². The molecule has 0 fully saturated rings. The van der Waals surface area contributed by atoms with Crippen molar-refractivity contribution < 1.29 is 9.72 Å². The first kappa shape index (κ1) is 15.4. The van der Waals surface area contributed by atoms with E-state index in [0.29, 0.717) is 18.2 Å². The maximum atomic E-state index is 11.5. The van der Waals surface area contributed by atoms with Crippen molar-refractivity contribution in [1.29, 1.82) is 5.26 Å². The maximum absolute atomic E-state index is 11.5. The van der Waals surface area contributed by atoms with Gasteiger partial charge in [-0.3, -0.25) is 14.9 Å². The Morgan fingerprint density at radius 2 is 2.20 bits per heavy atom. The summed E-state index contributed by atoms with van der Waals surface area (Å²) in [6.45, 7) is 4.62. The number of nitro groups is 1. The highest BCUT2D eigenvalue weighted by atomic mass is 16.6. The van der Waals surface area contributed by atoms with Crippen molar-refractivity contribution in [2.24, 2.45) is 5.92 Å². The summed E-state index contributed by atoms with van der Waals surface area (Å²) in [5.74, 6) is 0.194. The molecule has 1 aromatic rings. The highest BCUT2D eigenvalue weighted by Crippen LogP contribution is 2.21. The van der Waals surface area contributed by atoms with Gasteiger partial charge < -0.3 is 10.6 Å². The third kappa shape index (κ3) is 4.57. The van der Waals surface area contributed by atoms with Gasteiger partial charge in [0.15, 0.2) is 0 Å². The van der Waals surface area contributed by atoms with Gasteiger partial charge in [-0.1, -0.05) is 13.8 Å². The van der Waals surface area contributed by atoms with Crippen molar-refractivity contribution >= 4 is 17.3 Å². The number of rotatable bonds is 6. The summed E-state index contributed by atoms with van der Waals surface area (Å²) < 4.78 is 0. The molecule has 20 heavy (non-hydrogen) atoms. The molecule has 0 aromatic heterocycles. The van der Waals surface area contributed by atoms with Crippen molar-refractivity contribution in [2.45, 2.75) is 13.8 Å². The molecule has 1 rings (SSSR count). The lowest BCUT2D eigenvalue weighted by molar-refractivity contribution is -0.385. The Bertz CT molecular complexity index is 549. The summed E-state index contributed by atoms with van der Waals surface area (Å²) in [5, 5.41) is 25.1. The summed E-state index contributed by atoms with van der Waals surface area (Å²) in [6.07, 6.45) is 0. The van der Waals surface area contributed by atoms with Crippen LogP contribution in [0.2, 0.25) is 0 Å². The molecule has 0 aliphatic heterocycles. The van der Waals surface area contributed by atoms with Crippen molar-refractivity contribution in [1.82, 2.24) is 5.32 Å². The molecule has 106 valence electrons. The van der Waals surface area contributed by atoms with Gasteiger partial charge in [-0.05, 0) is 18.1 Å². The van der Waals surface area contributed by atoms with Gasteiger partial charge in [-0.25, -0.2) is 0 Å². The highest BCUT2D eigenvalue weighted by Gasteiger charge is 2.13. The monoisotopic (exact) mass is 276 g/mol. The van der Waals surface area contributed by atoms with E-state index in [-0.39, 0.29) is 23.7 Å². The first-order chi connectivity index (χ1) is 9.43. The first-order valence-electron chi connectivity index (χ1n) is 6.13. The van der Waals surface area contributed by atoms with Crippen LogP contribution in [0, 0.1) is 27.4 Å². The van der Waals surface area contributed by atoms with Gasteiger partial charge in [0.2, 0.25) is 5.91 Å². The van der Waals surface area contributed by atoms with Crippen LogP contribution in [0.15, 0.2) is 18.2 Å². The first-order valence-corrected chi connectivity index (χ1v) is 6.13. The zero-order valence-electron chi connectivity index (χ0n) is 11.3. The van der Waals surface area contributed by atoms with E-state index in [2.05, 4.69) is 10.6 Å². The topological polar surface area (TPSA) is 108 Å². The normalized spacial score (nSPS) is 9.90. The molecule has 1 aromatic carbocycles. The molecule has 0 spiro atoms. The lowest BCUT2D eigenvalue weighted by Gasteiger charge is -2.09. The van der Waals surface area contributed by atoms with Crippen molar-refractivity contribution in [2.75, 3.05) is 18.4 Å². The van der Waals surface area contributed by atoms with E-state index >= 15 is 0 Å². The number of nitrogens with one attached hydrogen (secondary N) is 2. The number of carbonyl (C=O) groups is 1. The number of anilines is 1. The Kier molecular flexibility index (Phi) is 5.47. The molecule has 0 aliphatic rings. The number of nitro benzene ring substituents is 1. The Morgan fingerprint density at radius 1 is 1.50 bits per heavy atom. The standard InChI is InChI=1S/C13H16N4O3/c1-9(2)7-16-13(18)8-15-11-3-4-12(17(19)20)10(5-11)6-14/h3-5,9,15H,7-8H2,1-2H3,(H,16,18). The molecule has 1 amide bonds. The van der Waals surface area contributed by atoms with E-state index in [1.165, 1.54) is 18.2 Å². The Hall–Kier alpha value is -2.62. The molecule has 0 heterocycles. The molecule has 0 aliphatic carbocycles. The van der Waals surface area contributed by atoms with Gasteiger partial charge in [0.05, 0.1) is 11.5 Å². The second-order valence-electron chi connectivity index (χ2n) is 4.65. The number of hydrogen-bond donors (Lipinski definition) is 2. The van der Waals surface area contributed by atoms with Gasteiger partial charge in [0.25, 0.3) is 5.69 Å². The molecule has 7 nitrogen and oxygen atoms in total. The highest BCUT2D eigenvalue weighted by molar-refractivity contribution is 5.80. The van der Waals surface area contributed by atoms with Gasteiger partial charge >= 0.3 is 0 Å². The largest absolute Gasteiger partial charge is 0.376 e. The van der Waals surface area contributed by atoms with Crippen molar-refractivity contribution in [3.05, 3.63) is 33.9 Å². The molecule has 0 radical (unpaired) electrons. The average Bonchev–Trinajstić information content (AvgIpc) is 2.42. The molecule has 0 bridgehead atoms. The maximum Gasteiger partial charge on any atom is 0.287 e. The number of amides is 1. The Morgan fingerprint density at radius 3 is 2.75 bits per heavy atom. The molecule has 0 atom stereocenters. The van der Waals surface area contributed by atoms with Crippen LogP contribution in [0.3, 0.4) is 0 Å². The Balaban J connectivity index is 2.64. The van der Waals surface area contributed by atoms with E-state index in [9.17, 15) is 14.9 Å². The second-order valence-corrected chi connectivity index (χ2v) is 4.65. The van der Waals surface area contributed by atoms with Gasteiger partial charge in [-0.2, -0.15) is 5.26 Å². The zero-order chi connectivity index (χ0) is 15.1. The van der Waals surface area contributed by atoms with Gasteiger partial charge in [0.1, 0.15) is 11.6 Å². The molecule has 7 heteroatoms. The van der Waals surface area contributed by atoms with E-state index in [0.717, 1.165) is 0 Å². The van der Waals surface area contributed by atoms with E-state index in [1.807, 2.05) is 13.8 Å². The summed E-state index contributed by atoms with van der Waals surface area (Å²) in [4.78, 5) is 21.6. The summed E-state index contributed by atoms with van der Waals surface area (Å²) in [5.41, 5.74) is 0.205. The lowest BCUT2D eigenvalue weighted by Crippen LogP contribution is -2.32. The lowest BCUT2D eigenvalue weighted by atomic mass is 10.1. The number of nitriles is 1. The quantitative estimate of drug-likeness (QED) is 0.606. The van der Waals surface area contributed by atoms with Crippen LogP contribution in [0.1, 0.15) is 19.4 Å². The zero-order valence-corrected chi connectivity index (χ0v) is 11.3. The molecular weight excluding hydrogens is 260 g/mol. The van der Waals surface area contributed by atoms with Crippen LogP contribution < -0.4 is 10.6 Å². The fourth-order valence-corrected chi connectivity index (χ4v) is 1.46. The summed E-state index contributed by atoms with van der Waals surface area (Å²) >= 11 is 0. The van der Waals surface area contributed by atoms with Gasteiger partial charge in [-0.15, -0.1) is 0 Å². The fraction of sp³-hybridized carbons (Fsp3) is 0.385. The number of hydrogen-bond acceptors (Lipinski definition) is 5. The van der Waals surface area contributed by atoms with E-state index < -0.39 is 4.92 Å². The molecular formula is C13H16N4O3.